The van der Waals surface area contributed by atoms with Gasteiger partial charge in [0.1, 0.15) is 11.6 Å². The van der Waals surface area contributed by atoms with E-state index in [1.54, 1.807) is 6.92 Å². The Morgan fingerprint density at radius 3 is 2.63 bits per heavy atom. The molecule has 19 heavy (non-hydrogen) atoms. The maximum absolute atomic E-state index is 13.7. The standard InChI is InChI=1S/C12H15F2NO3.ClH/c1-3-18-12(16)10(14)11(15)8-6-7(13)4-5-9(8)17-2;/h4-6,10-11H,3,15H2,1-2H3;1H/t10?,11-;/m1./s1. The van der Waals surface area contributed by atoms with Crippen molar-refractivity contribution in [3.63, 3.8) is 0 Å². The minimum atomic E-state index is -2.07. The molecule has 1 aromatic rings. The second-order valence-corrected chi connectivity index (χ2v) is 3.57. The number of alkyl halides is 1. The summed E-state index contributed by atoms with van der Waals surface area (Å²) in [5, 5.41) is 0. The number of hydrogen-bond donors (Lipinski definition) is 1. The van der Waals surface area contributed by atoms with E-state index in [4.69, 9.17) is 10.5 Å². The number of carbonyl (C=O) groups is 1. The Hall–Kier alpha value is -1.40. The molecule has 0 bridgehead atoms. The van der Waals surface area contributed by atoms with Gasteiger partial charge in [-0.05, 0) is 25.1 Å². The van der Waals surface area contributed by atoms with Crippen molar-refractivity contribution < 1.29 is 23.0 Å². The van der Waals surface area contributed by atoms with Gasteiger partial charge in [0, 0.05) is 5.56 Å². The second-order valence-electron chi connectivity index (χ2n) is 3.57. The van der Waals surface area contributed by atoms with Crippen molar-refractivity contribution in [3.8, 4) is 5.75 Å². The molecule has 2 atom stereocenters. The number of hydrogen-bond acceptors (Lipinski definition) is 4. The molecule has 108 valence electrons. The molecule has 0 aliphatic heterocycles. The van der Waals surface area contributed by atoms with Gasteiger partial charge in [-0.25, -0.2) is 13.6 Å². The van der Waals surface area contributed by atoms with Crippen LogP contribution < -0.4 is 10.5 Å². The molecule has 0 heterocycles. The molecule has 0 saturated heterocycles. The van der Waals surface area contributed by atoms with E-state index >= 15 is 0 Å². The smallest absolute Gasteiger partial charge is 0.342 e. The Balaban J connectivity index is 0.00000324. The molecule has 0 aromatic heterocycles. The molecule has 0 spiro atoms. The fourth-order valence-electron chi connectivity index (χ4n) is 1.49. The average molecular weight is 296 g/mol. The Labute approximate surface area is 116 Å². The number of benzene rings is 1. The van der Waals surface area contributed by atoms with Crippen LogP contribution in [0.3, 0.4) is 0 Å². The third-order valence-corrected chi connectivity index (χ3v) is 2.38. The summed E-state index contributed by atoms with van der Waals surface area (Å²) in [5.41, 5.74) is 5.67. The van der Waals surface area contributed by atoms with Crippen LogP contribution in [0.15, 0.2) is 18.2 Å². The highest BCUT2D eigenvalue weighted by Crippen LogP contribution is 2.28. The number of carbonyl (C=O) groups excluding carboxylic acids is 1. The van der Waals surface area contributed by atoms with Gasteiger partial charge in [-0.15, -0.1) is 12.4 Å². The van der Waals surface area contributed by atoms with Gasteiger partial charge in [0.15, 0.2) is 0 Å². The zero-order valence-electron chi connectivity index (χ0n) is 10.6. The van der Waals surface area contributed by atoms with Crippen molar-refractivity contribution in [2.24, 2.45) is 5.73 Å². The topological polar surface area (TPSA) is 61.5 Å². The summed E-state index contributed by atoms with van der Waals surface area (Å²) in [4.78, 5) is 11.2. The second kappa shape index (κ2) is 7.91. The van der Waals surface area contributed by atoms with Crippen LogP contribution in [0.2, 0.25) is 0 Å². The summed E-state index contributed by atoms with van der Waals surface area (Å²) in [6.07, 6.45) is -2.07. The van der Waals surface area contributed by atoms with E-state index < -0.39 is 24.0 Å². The number of methoxy groups -OCH3 is 1. The van der Waals surface area contributed by atoms with E-state index in [1.807, 2.05) is 0 Å². The van der Waals surface area contributed by atoms with Gasteiger partial charge < -0.3 is 15.2 Å². The van der Waals surface area contributed by atoms with Crippen LogP contribution in [0.5, 0.6) is 5.75 Å². The monoisotopic (exact) mass is 295 g/mol. The number of esters is 1. The maximum atomic E-state index is 13.7. The molecule has 1 aromatic carbocycles. The SMILES string of the molecule is CCOC(=O)C(F)[C@H](N)c1cc(F)ccc1OC.Cl. The van der Waals surface area contributed by atoms with E-state index in [0.717, 1.165) is 12.1 Å². The van der Waals surface area contributed by atoms with E-state index in [0.29, 0.717) is 0 Å². The lowest BCUT2D eigenvalue weighted by Crippen LogP contribution is -2.31. The van der Waals surface area contributed by atoms with Crippen molar-refractivity contribution >= 4 is 18.4 Å². The van der Waals surface area contributed by atoms with Crippen molar-refractivity contribution in [2.45, 2.75) is 19.1 Å². The summed E-state index contributed by atoms with van der Waals surface area (Å²) < 4.78 is 36.3. The highest BCUT2D eigenvalue weighted by molar-refractivity contribution is 5.85. The van der Waals surface area contributed by atoms with Gasteiger partial charge in [0.2, 0.25) is 6.17 Å². The quantitative estimate of drug-likeness (QED) is 0.846. The summed E-state index contributed by atoms with van der Waals surface area (Å²) >= 11 is 0. The lowest BCUT2D eigenvalue weighted by Gasteiger charge is -2.18. The van der Waals surface area contributed by atoms with Gasteiger partial charge >= 0.3 is 5.97 Å². The van der Waals surface area contributed by atoms with E-state index in [9.17, 15) is 13.6 Å². The summed E-state index contributed by atoms with van der Waals surface area (Å²) in [6, 6.07) is 2.18. The predicted octanol–water partition coefficient (Wildman–Crippen LogP) is 2.16. The lowest BCUT2D eigenvalue weighted by atomic mass is 10.0. The molecular formula is C12H16ClF2NO3. The molecule has 1 unspecified atom stereocenters. The molecular weight excluding hydrogens is 280 g/mol. The van der Waals surface area contributed by atoms with Gasteiger partial charge in [0.25, 0.3) is 0 Å². The molecule has 0 amide bonds. The number of halogens is 3. The Bertz CT molecular complexity index is 431. The highest BCUT2D eigenvalue weighted by Gasteiger charge is 2.30. The molecule has 7 heteroatoms. The van der Waals surface area contributed by atoms with Crippen LogP contribution in [0.4, 0.5) is 8.78 Å². The van der Waals surface area contributed by atoms with Crippen LogP contribution in [0.1, 0.15) is 18.5 Å². The lowest BCUT2D eigenvalue weighted by molar-refractivity contribution is -0.149. The Morgan fingerprint density at radius 1 is 1.47 bits per heavy atom. The highest BCUT2D eigenvalue weighted by atomic mass is 35.5. The number of rotatable bonds is 5. The first-order chi connectivity index (χ1) is 8.51. The third-order valence-electron chi connectivity index (χ3n) is 2.38. The maximum Gasteiger partial charge on any atom is 0.342 e. The largest absolute Gasteiger partial charge is 0.496 e. The zero-order chi connectivity index (χ0) is 13.7. The molecule has 0 fully saturated rings. The van der Waals surface area contributed by atoms with Crippen LogP contribution in [-0.4, -0.2) is 25.9 Å². The molecule has 0 aliphatic carbocycles. The van der Waals surface area contributed by atoms with Crippen LogP contribution in [-0.2, 0) is 9.53 Å². The van der Waals surface area contributed by atoms with E-state index in [2.05, 4.69) is 4.74 Å². The van der Waals surface area contributed by atoms with Crippen molar-refractivity contribution in [2.75, 3.05) is 13.7 Å². The minimum absolute atomic E-state index is 0. The van der Waals surface area contributed by atoms with E-state index in [1.165, 1.54) is 13.2 Å². The number of ether oxygens (including phenoxy) is 2. The van der Waals surface area contributed by atoms with Crippen molar-refractivity contribution in [3.05, 3.63) is 29.6 Å². The fraction of sp³-hybridized carbons (Fsp3) is 0.417. The summed E-state index contributed by atoms with van der Waals surface area (Å²) in [5.74, 6) is -1.44. The minimum Gasteiger partial charge on any atom is -0.496 e. The molecule has 2 N–H and O–H groups in total. The fourth-order valence-corrected chi connectivity index (χ4v) is 1.49. The van der Waals surface area contributed by atoms with Crippen LogP contribution in [0.25, 0.3) is 0 Å². The average Bonchev–Trinajstić information content (AvgIpc) is 2.37. The third kappa shape index (κ3) is 4.33. The Kier molecular flexibility index (Phi) is 7.33. The molecule has 0 radical (unpaired) electrons. The normalized spacial score (nSPS) is 13.1. The van der Waals surface area contributed by atoms with Gasteiger partial charge in [-0.3, -0.25) is 0 Å². The number of nitrogens with two attached hydrogens (primary N) is 1. The summed E-state index contributed by atoms with van der Waals surface area (Å²) in [6.45, 7) is 1.60. The van der Waals surface area contributed by atoms with Crippen molar-refractivity contribution in [1.29, 1.82) is 0 Å². The molecule has 1 rings (SSSR count). The summed E-state index contributed by atoms with van der Waals surface area (Å²) in [7, 11) is 1.35. The first-order valence-electron chi connectivity index (χ1n) is 5.41. The predicted molar refractivity (Wildman–Crippen MR) is 68.7 cm³/mol. The molecule has 0 aliphatic rings. The first-order valence-corrected chi connectivity index (χ1v) is 5.41. The first kappa shape index (κ1) is 17.6. The van der Waals surface area contributed by atoms with Gasteiger partial charge in [0.05, 0.1) is 19.8 Å². The van der Waals surface area contributed by atoms with Crippen LogP contribution >= 0.6 is 12.4 Å². The van der Waals surface area contributed by atoms with Crippen LogP contribution in [0, 0.1) is 5.82 Å². The van der Waals surface area contributed by atoms with Gasteiger partial charge in [-0.1, -0.05) is 0 Å². The van der Waals surface area contributed by atoms with Crippen molar-refractivity contribution in [1.82, 2.24) is 0 Å². The molecule has 4 nitrogen and oxygen atoms in total. The molecule has 0 saturated carbocycles. The zero-order valence-corrected chi connectivity index (χ0v) is 11.4. The Morgan fingerprint density at radius 2 is 2.11 bits per heavy atom. The van der Waals surface area contributed by atoms with Gasteiger partial charge in [-0.2, -0.15) is 0 Å². The van der Waals surface area contributed by atoms with E-state index in [-0.39, 0.29) is 30.3 Å².